The van der Waals surface area contributed by atoms with Crippen molar-refractivity contribution in [2.45, 2.75) is 12.8 Å². The number of aromatic nitrogens is 1. The first kappa shape index (κ1) is 13.7. The minimum Gasteiger partial charge on any atom is -0.495 e. The number of pyridine rings is 1. The summed E-state index contributed by atoms with van der Waals surface area (Å²) in [6, 6.07) is 7.37. The lowest BCUT2D eigenvalue weighted by atomic mass is 10.0. The number of hydrogen-bond donors (Lipinski definition) is 2. The average Bonchev–Trinajstić information content (AvgIpc) is 2.49. The van der Waals surface area contributed by atoms with Crippen molar-refractivity contribution in [3.05, 3.63) is 41.0 Å². The van der Waals surface area contributed by atoms with Gasteiger partial charge in [0.1, 0.15) is 11.6 Å². The largest absolute Gasteiger partial charge is 0.495 e. The average molecular weight is 304 g/mol. The van der Waals surface area contributed by atoms with Crippen LogP contribution in [-0.4, -0.2) is 18.0 Å². The summed E-state index contributed by atoms with van der Waals surface area (Å²) in [7, 11) is 1.58. The Balaban J connectivity index is 1.92. The molecule has 0 atom stereocenters. The van der Waals surface area contributed by atoms with Crippen molar-refractivity contribution < 1.29 is 9.53 Å². The number of rotatable bonds is 3. The maximum atomic E-state index is 11.4. The molecule has 1 aromatic heterocycles. The Labute approximate surface area is 127 Å². The third-order valence-electron chi connectivity index (χ3n) is 3.35. The Morgan fingerprint density at radius 1 is 1.33 bits per heavy atom. The molecule has 0 radical (unpaired) electrons. The molecule has 1 amide bonds. The molecule has 0 bridgehead atoms. The molecule has 6 heteroatoms. The molecule has 2 N–H and O–H groups in total. The van der Waals surface area contributed by atoms with E-state index in [2.05, 4.69) is 15.6 Å². The predicted octanol–water partition coefficient (Wildman–Crippen LogP) is 3.37. The summed E-state index contributed by atoms with van der Waals surface area (Å²) in [6.45, 7) is 0. The molecular weight excluding hydrogens is 290 g/mol. The van der Waals surface area contributed by atoms with E-state index in [1.165, 1.54) is 0 Å². The van der Waals surface area contributed by atoms with Gasteiger partial charge in [-0.15, -0.1) is 0 Å². The van der Waals surface area contributed by atoms with Crippen molar-refractivity contribution in [2.24, 2.45) is 0 Å². The number of hydrogen-bond acceptors (Lipinski definition) is 4. The van der Waals surface area contributed by atoms with Gasteiger partial charge in [0.25, 0.3) is 0 Å². The van der Waals surface area contributed by atoms with Crippen LogP contribution in [0.1, 0.15) is 12.0 Å². The van der Waals surface area contributed by atoms with Crippen LogP contribution in [0.3, 0.4) is 0 Å². The van der Waals surface area contributed by atoms with Crippen molar-refractivity contribution in [2.75, 3.05) is 17.7 Å². The van der Waals surface area contributed by atoms with Crippen LogP contribution in [0, 0.1) is 0 Å². The second kappa shape index (κ2) is 5.61. The number of halogens is 1. The Hall–Kier alpha value is -2.27. The molecule has 3 rings (SSSR count). The molecule has 0 spiro atoms. The van der Waals surface area contributed by atoms with E-state index in [1.54, 1.807) is 19.4 Å². The summed E-state index contributed by atoms with van der Waals surface area (Å²) < 4.78 is 5.21. The fraction of sp³-hybridized carbons (Fsp3) is 0.200. The quantitative estimate of drug-likeness (QED) is 0.912. The van der Waals surface area contributed by atoms with Gasteiger partial charge in [-0.05, 0) is 24.6 Å². The third-order valence-corrected chi connectivity index (χ3v) is 3.66. The lowest BCUT2D eigenvalue weighted by Crippen LogP contribution is -2.20. The van der Waals surface area contributed by atoms with Crippen LogP contribution >= 0.6 is 11.6 Å². The number of nitrogens with zero attached hydrogens (tertiary/aromatic N) is 1. The molecule has 0 saturated heterocycles. The maximum Gasteiger partial charge on any atom is 0.225 e. The fourth-order valence-corrected chi connectivity index (χ4v) is 2.49. The third kappa shape index (κ3) is 2.78. The molecule has 0 saturated carbocycles. The van der Waals surface area contributed by atoms with Crippen molar-refractivity contribution in [1.82, 2.24) is 4.98 Å². The van der Waals surface area contributed by atoms with Crippen LogP contribution in [-0.2, 0) is 11.2 Å². The summed E-state index contributed by atoms with van der Waals surface area (Å²) >= 11 is 6.02. The Morgan fingerprint density at radius 3 is 3.00 bits per heavy atom. The maximum absolute atomic E-state index is 11.4. The number of benzene rings is 1. The lowest BCUT2D eigenvalue weighted by molar-refractivity contribution is -0.116. The number of nitrogens with one attached hydrogen (secondary N) is 2. The van der Waals surface area contributed by atoms with E-state index in [1.807, 2.05) is 18.2 Å². The summed E-state index contributed by atoms with van der Waals surface area (Å²) in [6.07, 6.45) is 2.80. The minimum atomic E-state index is 0.000289. The normalized spacial score (nSPS) is 13.3. The zero-order valence-corrected chi connectivity index (χ0v) is 12.2. The van der Waals surface area contributed by atoms with Gasteiger partial charge in [-0.25, -0.2) is 4.98 Å². The standard InChI is InChI=1S/C15H14ClN3O2/c1-21-13-8-9(2-4-11(13)16)18-12-6-7-17-15-10(12)3-5-14(20)19-15/h2,4,6-8H,3,5H2,1H3,(H2,17,18,19,20). The van der Waals surface area contributed by atoms with Crippen LogP contribution in [0.15, 0.2) is 30.5 Å². The molecule has 1 aliphatic rings. The number of amides is 1. The fourth-order valence-electron chi connectivity index (χ4n) is 2.30. The van der Waals surface area contributed by atoms with Crippen LogP contribution in [0.25, 0.3) is 0 Å². The molecule has 2 aromatic rings. The Kier molecular flexibility index (Phi) is 3.66. The zero-order valence-electron chi connectivity index (χ0n) is 11.4. The number of ether oxygens (including phenoxy) is 1. The highest BCUT2D eigenvalue weighted by Gasteiger charge is 2.18. The van der Waals surface area contributed by atoms with Crippen molar-refractivity contribution >= 4 is 34.7 Å². The monoisotopic (exact) mass is 303 g/mol. The van der Waals surface area contributed by atoms with Gasteiger partial charge in [-0.3, -0.25) is 4.79 Å². The summed E-state index contributed by atoms with van der Waals surface area (Å²) in [4.78, 5) is 15.6. The number of fused-ring (bicyclic) bond motifs is 1. The Morgan fingerprint density at radius 2 is 2.19 bits per heavy atom. The van der Waals surface area contributed by atoms with E-state index >= 15 is 0 Å². The van der Waals surface area contributed by atoms with Gasteiger partial charge in [0.15, 0.2) is 0 Å². The van der Waals surface area contributed by atoms with Crippen molar-refractivity contribution in [3.63, 3.8) is 0 Å². The second-order valence-electron chi connectivity index (χ2n) is 4.71. The molecular formula is C15H14ClN3O2. The van der Waals surface area contributed by atoms with E-state index in [9.17, 15) is 4.79 Å². The summed E-state index contributed by atoms with van der Waals surface area (Å²) in [5.41, 5.74) is 2.79. The van der Waals surface area contributed by atoms with E-state index in [0.717, 1.165) is 16.9 Å². The van der Waals surface area contributed by atoms with Gasteiger partial charge < -0.3 is 15.4 Å². The lowest BCUT2D eigenvalue weighted by Gasteiger charge is -2.19. The highest BCUT2D eigenvalue weighted by atomic mass is 35.5. The topological polar surface area (TPSA) is 63.2 Å². The van der Waals surface area contributed by atoms with E-state index in [4.69, 9.17) is 16.3 Å². The predicted molar refractivity (Wildman–Crippen MR) is 82.5 cm³/mol. The number of methoxy groups -OCH3 is 1. The first-order valence-corrected chi connectivity index (χ1v) is 6.93. The summed E-state index contributed by atoms with van der Waals surface area (Å²) in [5.74, 6) is 1.23. The van der Waals surface area contributed by atoms with Gasteiger partial charge in [0, 0.05) is 35.6 Å². The van der Waals surface area contributed by atoms with Gasteiger partial charge in [0.2, 0.25) is 5.91 Å². The molecule has 1 aromatic carbocycles. The minimum absolute atomic E-state index is 0.000289. The highest BCUT2D eigenvalue weighted by molar-refractivity contribution is 6.32. The van der Waals surface area contributed by atoms with Gasteiger partial charge >= 0.3 is 0 Å². The molecule has 21 heavy (non-hydrogen) atoms. The molecule has 1 aliphatic heterocycles. The number of carbonyl (C=O) groups excluding carboxylic acids is 1. The van der Waals surface area contributed by atoms with E-state index in [0.29, 0.717) is 29.4 Å². The van der Waals surface area contributed by atoms with Crippen LogP contribution in [0.2, 0.25) is 5.02 Å². The number of anilines is 3. The van der Waals surface area contributed by atoms with E-state index in [-0.39, 0.29) is 5.91 Å². The molecule has 0 aliphatic carbocycles. The molecule has 0 unspecified atom stereocenters. The van der Waals surface area contributed by atoms with Crippen LogP contribution < -0.4 is 15.4 Å². The zero-order chi connectivity index (χ0) is 14.8. The first-order chi connectivity index (χ1) is 10.2. The molecule has 108 valence electrons. The molecule has 5 nitrogen and oxygen atoms in total. The van der Waals surface area contributed by atoms with Gasteiger partial charge in [0.05, 0.1) is 12.1 Å². The smallest absolute Gasteiger partial charge is 0.225 e. The second-order valence-corrected chi connectivity index (χ2v) is 5.12. The number of carbonyl (C=O) groups is 1. The van der Waals surface area contributed by atoms with Crippen LogP contribution in [0.4, 0.5) is 17.2 Å². The summed E-state index contributed by atoms with van der Waals surface area (Å²) in [5, 5.41) is 6.66. The van der Waals surface area contributed by atoms with Gasteiger partial charge in [-0.2, -0.15) is 0 Å². The first-order valence-electron chi connectivity index (χ1n) is 6.55. The van der Waals surface area contributed by atoms with Crippen molar-refractivity contribution in [3.8, 4) is 5.75 Å². The molecule has 0 fully saturated rings. The van der Waals surface area contributed by atoms with E-state index < -0.39 is 0 Å². The Bertz CT molecular complexity index is 703. The van der Waals surface area contributed by atoms with Gasteiger partial charge in [-0.1, -0.05) is 11.6 Å². The van der Waals surface area contributed by atoms with Crippen LogP contribution in [0.5, 0.6) is 5.75 Å². The van der Waals surface area contributed by atoms with Crippen molar-refractivity contribution in [1.29, 1.82) is 0 Å². The SMILES string of the molecule is COc1cc(Nc2ccnc3c2CCC(=O)N3)ccc1Cl. The molecule has 2 heterocycles. The highest BCUT2D eigenvalue weighted by Crippen LogP contribution is 2.32.